The Labute approximate surface area is 126 Å². The van der Waals surface area contributed by atoms with Crippen LogP contribution in [-0.4, -0.2) is 13.1 Å². The minimum Gasteiger partial charge on any atom is -0.384 e. The Bertz CT molecular complexity index is 513. The molecule has 0 fully saturated rings. The number of halogens is 1. The van der Waals surface area contributed by atoms with E-state index >= 15 is 0 Å². The summed E-state index contributed by atoms with van der Waals surface area (Å²) in [4.78, 5) is 0. The normalized spacial score (nSPS) is 12.1. The maximum atomic E-state index is 5.95. The molecule has 0 radical (unpaired) electrons. The highest BCUT2D eigenvalue weighted by Crippen LogP contribution is 2.16. The fourth-order valence-electron chi connectivity index (χ4n) is 2.23. The first-order valence-electron chi connectivity index (χ1n) is 7.07. The van der Waals surface area contributed by atoms with Gasteiger partial charge in [-0.2, -0.15) is 0 Å². The van der Waals surface area contributed by atoms with Gasteiger partial charge in [-0.15, -0.1) is 0 Å². The molecule has 0 aliphatic rings. The van der Waals surface area contributed by atoms with E-state index in [0.717, 1.165) is 30.2 Å². The first-order valence-corrected chi connectivity index (χ1v) is 7.45. The third kappa shape index (κ3) is 4.55. The van der Waals surface area contributed by atoms with Crippen molar-refractivity contribution in [3.63, 3.8) is 0 Å². The van der Waals surface area contributed by atoms with E-state index < -0.39 is 0 Å². The summed E-state index contributed by atoms with van der Waals surface area (Å²) in [5, 5.41) is 7.71. The molecular weight excluding hydrogens is 268 g/mol. The van der Waals surface area contributed by atoms with Crippen LogP contribution in [0.25, 0.3) is 0 Å². The second-order valence-electron chi connectivity index (χ2n) is 4.76. The molecule has 0 saturated heterocycles. The fraction of sp³-hybridized carbons (Fsp3) is 0.294. The van der Waals surface area contributed by atoms with Gasteiger partial charge in [0.05, 0.1) is 0 Å². The minimum absolute atomic E-state index is 0.414. The molecule has 0 spiro atoms. The van der Waals surface area contributed by atoms with Crippen molar-refractivity contribution < 1.29 is 0 Å². The van der Waals surface area contributed by atoms with Crippen LogP contribution < -0.4 is 10.6 Å². The fourth-order valence-corrected chi connectivity index (χ4v) is 2.43. The van der Waals surface area contributed by atoms with Crippen LogP contribution in [-0.2, 0) is 0 Å². The predicted octanol–water partition coefficient (Wildman–Crippen LogP) is 4.49. The highest BCUT2D eigenvalue weighted by molar-refractivity contribution is 6.30. The van der Waals surface area contributed by atoms with Crippen molar-refractivity contribution in [2.45, 2.75) is 19.4 Å². The van der Waals surface area contributed by atoms with Gasteiger partial charge < -0.3 is 10.6 Å². The molecule has 0 saturated carbocycles. The minimum atomic E-state index is 0.414. The third-order valence-electron chi connectivity index (χ3n) is 3.28. The van der Waals surface area contributed by atoms with Gasteiger partial charge >= 0.3 is 0 Å². The summed E-state index contributed by atoms with van der Waals surface area (Å²) < 4.78 is 0. The zero-order chi connectivity index (χ0) is 14.2. The smallest absolute Gasteiger partial charge is 0.0426 e. The summed E-state index contributed by atoms with van der Waals surface area (Å²) in [6.07, 6.45) is 1.08. The van der Waals surface area contributed by atoms with Crippen LogP contribution in [0.15, 0.2) is 54.6 Å². The highest BCUT2D eigenvalue weighted by atomic mass is 35.5. The summed E-state index contributed by atoms with van der Waals surface area (Å²) in [6, 6.07) is 18.8. The van der Waals surface area contributed by atoms with Gasteiger partial charge in [0.15, 0.2) is 0 Å². The van der Waals surface area contributed by atoms with E-state index in [9.17, 15) is 0 Å². The molecule has 2 aromatic rings. The molecule has 2 aromatic carbocycles. The molecule has 2 rings (SSSR count). The quantitative estimate of drug-likeness (QED) is 0.734. The molecule has 1 unspecified atom stereocenters. The van der Waals surface area contributed by atoms with E-state index in [2.05, 4.69) is 47.9 Å². The number of hydrogen-bond donors (Lipinski definition) is 2. The molecule has 2 N–H and O–H groups in total. The van der Waals surface area contributed by atoms with Crippen molar-refractivity contribution in [3.8, 4) is 0 Å². The lowest BCUT2D eigenvalue weighted by atomic mass is 10.0. The first kappa shape index (κ1) is 14.9. The van der Waals surface area contributed by atoms with Gasteiger partial charge in [0.1, 0.15) is 0 Å². The van der Waals surface area contributed by atoms with Crippen LogP contribution in [0.5, 0.6) is 0 Å². The Morgan fingerprint density at radius 1 is 1.00 bits per heavy atom. The number of anilines is 1. The third-order valence-corrected chi connectivity index (χ3v) is 3.51. The Balaban J connectivity index is 1.77. The van der Waals surface area contributed by atoms with Crippen LogP contribution in [0.2, 0.25) is 5.02 Å². The second kappa shape index (κ2) is 7.93. The Kier molecular flexibility index (Phi) is 5.90. The maximum Gasteiger partial charge on any atom is 0.0426 e. The Morgan fingerprint density at radius 3 is 2.50 bits per heavy atom. The lowest BCUT2D eigenvalue weighted by molar-refractivity contribution is 0.531. The van der Waals surface area contributed by atoms with Crippen LogP contribution in [0.3, 0.4) is 0 Å². The summed E-state index contributed by atoms with van der Waals surface area (Å²) in [5.41, 5.74) is 2.41. The van der Waals surface area contributed by atoms with Gasteiger partial charge in [0.25, 0.3) is 0 Å². The SMILES string of the molecule is CCC(NCCNc1cccc(Cl)c1)c1ccccc1. The van der Waals surface area contributed by atoms with E-state index in [1.807, 2.05) is 24.3 Å². The van der Waals surface area contributed by atoms with Crippen LogP contribution in [0, 0.1) is 0 Å². The van der Waals surface area contributed by atoms with E-state index in [1.165, 1.54) is 5.56 Å². The number of benzene rings is 2. The van der Waals surface area contributed by atoms with E-state index in [1.54, 1.807) is 0 Å². The number of rotatable bonds is 7. The number of hydrogen-bond acceptors (Lipinski definition) is 2. The maximum absolute atomic E-state index is 5.95. The van der Waals surface area contributed by atoms with Crippen molar-refractivity contribution in [1.82, 2.24) is 5.32 Å². The monoisotopic (exact) mass is 288 g/mol. The average molecular weight is 289 g/mol. The molecule has 3 heteroatoms. The highest BCUT2D eigenvalue weighted by Gasteiger charge is 2.06. The first-order chi connectivity index (χ1) is 9.79. The summed E-state index contributed by atoms with van der Waals surface area (Å²) in [7, 11) is 0. The summed E-state index contributed by atoms with van der Waals surface area (Å²) in [6.45, 7) is 4.00. The zero-order valence-corrected chi connectivity index (χ0v) is 12.5. The van der Waals surface area contributed by atoms with Crippen LogP contribution >= 0.6 is 11.6 Å². The molecule has 0 aliphatic heterocycles. The van der Waals surface area contributed by atoms with Gasteiger partial charge in [0.2, 0.25) is 0 Å². The van der Waals surface area contributed by atoms with Gasteiger partial charge in [-0.1, -0.05) is 54.9 Å². The van der Waals surface area contributed by atoms with Crippen molar-refractivity contribution >= 4 is 17.3 Å². The van der Waals surface area contributed by atoms with E-state index in [4.69, 9.17) is 11.6 Å². The van der Waals surface area contributed by atoms with Gasteiger partial charge in [0, 0.05) is 29.8 Å². The molecule has 0 aromatic heterocycles. The molecule has 106 valence electrons. The van der Waals surface area contributed by atoms with Crippen molar-refractivity contribution in [2.75, 3.05) is 18.4 Å². The molecule has 1 atom stereocenters. The topological polar surface area (TPSA) is 24.1 Å². The van der Waals surface area contributed by atoms with Crippen molar-refractivity contribution in [2.24, 2.45) is 0 Å². The van der Waals surface area contributed by atoms with Crippen LogP contribution in [0.4, 0.5) is 5.69 Å². The second-order valence-corrected chi connectivity index (χ2v) is 5.20. The van der Waals surface area contributed by atoms with Crippen molar-refractivity contribution in [1.29, 1.82) is 0 Å². The molecule has 0 bridgehead atoms. The summed E-state index contributed by atoms with van der Waals surface area (Å²) in [5.74, 6) is 0. The zero-order valence-electron chi connectivity index (χ0n) is 11.8. The molecule has 2 nitrogen and oxygen atoms in total. The lowest BCUT2D eigenvalue weighted by Gasteiger charge is -2.18. The van der Waals surface area contributed by atoms with Gasteiger partial charge in [-0.3, -0.25) is 0 Å². The molecule has 0 amide bonds. The molecule has 20 heavy (non-hydrogen) atoms. The number of nitrogens with one attached hydrogen (secondary N) is 2. The molecule has 0 aliphatic carbocycles. The lowest BCUT2D eigenvalue weighted by Crippen LogP contribution is -2.26. The average Bonchev–Trinajstić information content (AvgIpc) is 2.48. The summed E-state index contributed by atoms with van der Waals surface area (Å²) >= 11 is 5.95. The molecule has 0 heterocycles. The van der Waals surface area contributed by atoms with Crippen molar-refractivity contribution in [3.05, 3.63) is 65.2 Å². The standard InChI is InChI=1S/C17H21ClN2/c1-2-17(14-7-4-3-5-8-14)20-12-11-19-16-10-6-9-15(18)13-16/h3-10,13,17,19-20H,2,11-12H2,1H3. The van der Waals surface area contributed by atoms with Crippen LogP contribution in [0.1, 0.15) is 24.9 Å². The molecular formula is C17H21ClN2. The Hall–Kier alpha value is -1.51. The van der Waals surface area contributed by atoms with Gasteiger partial charge in [-0.05, 0) is 30.2 Å². The van der Waals surface area contributed by atoms with E-state index in [-0.39, 0.29) is 0 Å². The predicted molar refractivity (Wildman–Crippen MR) is 87.4 cm³/mol. The Morgan fingerprint density at radius 2 is 1.80 bits per heavy atom. The van der Waals surface area contributed by atoms with Gasteiger partial charge in [-0.25, -0.2) is 0 Å². The van der Waals surface area contributed by atoms with E-state index in [0.29, 0.717) is 6.04 Å². The largest absolute Gasteiger partial charge is 0.384 e.